The Balaban J connectivity index is 1.82. The van der Waals surface area contributed by atoms with Crippen molar-refractivity contribution in [2.75, 3.05) is 32.9 Å². The first-order valence-electron chi connectivity index (χ1n) is 10.4. The third-order valence-corrected chi connectivity index (χ3v) is 6.84. The zero-order chi connectivity index (χ0) is 23.4. The highest BCUT2D eigenvalue weighted by Crippen LogP contribution is 2.36. The van der Waals surface area contributed by atoms with Crippen molar-refractivity contribution in [2.24, 2.45) is 4.99 Å². The van der Waals surface area contributed by atoms with Crippen molar-refractivity contribution in [3.63, 3.8) is 0 Å². The molecule has 2 N–H and O–H groups in total. The van der Waals surface area contributed by atoms with Crippen LogP contribution in [0.5, 0.6) is 0 Å². The van der Waals surface area contributed by atoms with Gasteiger partial charge < -0.3 is 19.9 Å². The number of hydrogen-bond donors (Lipinski definition) is 2. The molecule has 174 valence electrons. The van der Waals surface area contributed by atoms with Gasteiger partial charge in [-0.05, 0) is 18.6 Å². The van der Waals surface area contributed by atoms with Gasteiger partial charge >= 0.3 is 11.9 Å². The van der Waals surface area contributed by atoms with Crippen LogP contribution in [-0.4, -0.2) is 71.7 Å². The first-order valence-corrected chi connectivity index (χ1v) is 12.1. The number of morpholine rings is 1. The Kier molecular flexibility index (Phi) is 7.53. The number of amidine groups is 1. The van der Waals surface area contributed by atoms with E-state index in [1.807, 2.05) is 29.6 Å². The Bertz CT molecular complexity index is 1090. The minimum atomic E-state index is -0.972. The standard InChI is InChI=1S/C22H23BrN4O5S/c1-2-32-22(30)17-15(11-27-8-9-31-12-16(27)21(28)29)25-19(20-24-7-10-33-20)26-18(17)13-5-3-4-6-14(13)23/h3-7,10,16,18H,2,8-9,11-12H2,1H3,(H,25,26)(H,28,29)/t16-,18-/m0/s1. The van der Waals surface area contributed by atoms with Gasteiger partial charge in [0.05, 0.1) is 25.4 Å². The van der Waals surface area contributed by atoms with E-state index in [-0.39, 0.29) is 19.8 Å². The second kappa shape index (κ2) is 10.6. The highest BCUT2D eigenvalue weighted by atomic mass is 79.9. The van der Waals surface area contributed by atoms with Crippen LogP contribution in [-0.2, 0) is 19.1 Å². The van der Waals surface area contributed by atoms with E-state index < -0.39 is 24.0 Å². The van der Waals surface area contributed by atoms with Gasteiger partial charge in [-0.25, -0.2) is 9.78 Å². The fraction of sp³-hybridized carbons (Fsp3) is 0.364. The molecule has 0 aliphatic carbocycles. The summed E-state index contributed by atoms with van der Waals surface area (Å²) < 4.78 is 11.6. The molecule has 0 spiro atoms. The van der Waals surface area contributed by atoms with Crippen molar-refractivity contribution in [3.8, 4) is 0 Å². The smallest absolute Gasteiger partial charge is 0.338 e. The van der Waals surface area contributed by atoms with Crippen molar-refractivity contribution < 1.29 is 24.2 Å². The third kappa shape index (κ3) is 5.16. The molecule has 2 aliphatic heterocycles. The predicted molar refractivity (Wildman–Crippen MR) is 126 cm³/mol. The highest BCUT2D eigenvalue weighted by molar-refractivity contribution is 9.10. The molecular formula is C22H23BrN4O5S. The minimum absolute atomic E-state index is 0.0818. The van der Waals surface area contributed by atoms with Crippen LogP contribution in [0, 0.1) is 0 Å². The molecule has 1 fully saturated rings. The first kappa shape index (κ1) is 23.6. The lowest BCUT2D eigenvalue weighted by atomic mass is 9.95. The van der Waals surface area contributed by atoms with Crippen molar-refractivity contribution in [1.82, 2.24) is 15.2 Å². The van der Waals surface area contributed by atoms with Gasteiger partial charge in [-0.1, -0.05) is 34.1 Å². The van der Waals surface area contributed by atoms with Crippen LogP contribution < -0.4 is 5.32 Å². The van der Waals surface area contributed by atoms with Crippen LogP contribution in [0.15, 0.2) is 56.6 Å². The molecule has 0 saturated carbocycles. The fourth-order valence-corrected chi connectivity index (χ4v) is 4.89. The minimum Gasteiger partial charge on any atom is -0.480 e. The van der Waals surface area contributed by atoms with Crippen LogP contribution in [0.4, 0.5) is 0 Å². The van der Waals surface area contributed by atoms with Gasteiger partial charge in [0.15, 0.2) is 10.8 Å². The lowest BCUT2D eigenvalue weighted by Crippen LogP contribution is -2.52. The number of aliphatic imine (C=N–C) groups is 1. The summed E-state index contributed by atoms with van der Waals surface area (Å²) in [6, 6.07) is 6.08. The molecule has 2 aromatic rings. The van der Waals surface area contributed by atoms with E-state index in [4.69, 9.17) is 14.5 Å². The maximum absolute atomic E-state index is 13.2. The number of thiazole rings is 1. The van der Waals surface area contributed by atoms with Crippen LogP contribution in [0.25, 0.3) is 0 Å². The zero-order valence-electron chi connectivity index (χ0n) is 17.9. The van der Waals surface area contributed by atoms with E-state index >= 15 is 0 Å². The van der Waals surface area contributed by atoms with Gasteiger partial charge in [-0.3, -0.25) is 14.7 Å². The van der Waals surface area contributed by atoms with E-state index in [2.05, 4.69) is 26.2 Å². The van der Waals surface area contributed by atoms with Crippen LogP contribution >= 0.6 is 27.3 Å². The van der Waals surface area contributed by atoms with Gasteiger partial charge in [0.1, 0.15) is 12.1 Å². The molecule has 0 unspecified atom stereocenters. The molecule has 4 rings (SSSR count). The molecule has 11 heteroatoms. The van der Waals surface area contributed by atoms with E-state index in [0.29, 0.717) is 35.3 Å². The number of carbonyl (C=O) groups is 2. The Morgan fingerprint density at radius 2 is 2.21 bits per heavy atom. The van der Waals surface area contributed by atoms with Crippen LogP contribution in [0.1, 0.15) is 23.5 Å². The molecule has 3 heterocycles. The molecule has 2 aliphatic rings. The summed E-state index contributed by atoms with van der Waals surface area (Å²) in [5.74, 6) is -0.947. The molecule has 0 amide bonds. The topological polar surface area (TPSA) is 113 Å². The van der Waals surface area contributed by atoms with Gasteiger partial charge in [0.2, 0.25) is 0 Å². The Hall–Kier alpha value is -2.60. The van der Waals surface area contributed by atoms with Gasteiger partial charge in [0.25, 0.3) is 0 Å². The average molecular weight is 535 g/mol. The predicted octanol–water partition coefficient (Wildman–Crippen LogP) is 2.60. The number of rotatable bonds is 7. The SMILES string of the molecule is CCOC(=O)C1=C(CN2CCOC[C@H]2C(=O)O)NC(c2nccs2)=N[C@H]1c1ccccc1Br. The van der Waals surface area contributed by atoms with Crippen LogP contribution in [0.2, 0.25) is 0 Å². The number of carboxylic acids is 1. The summed E-state index contributed by atoms with van der Waals surface area (Å²) in [6.45, 7) is 3.05. The summed E-state index contributed by atoms with van der Waals surface area (Å²) in [6.07, 6.45) is 1.68. The third-order valence-electron chi connectivity index (χ3n) is 5.34. The number of nitrogens with one attached hydrogen (secondary N) is 1. The summed E-state index contributed by atoms with van der Waals surface area (Å²) in [5.41, 5.74) is 1.69. The maximum Gasteiger partial charge on any atom is 0.338 e. The van der Waals surface area contributed by atoms with Crippen molar-refractivity contribution in [2.45, 2.75) is 19.0 Å². The number of aliphatic carboxylic acids is 1. The lowest BCUT2D eigenvalue weighted by molar-refractivity contribution is -0.149. The van der Waals surface area contributed by atoms with Gasteiger partial charge in [0, 0.05) is 34.8 Å². The molecule has 1 saturated heterocycles. The monoisotopic (exact) mass is 534 g/mol. The van der Waals surface area contributed by atoms with Crippen molar-refractivity contribution in [3.05, 3.63) is 62.2 Å². The number of hydrogen-bond acceptors (Lipinski definition) is 9. The quantitative estimate of drug-likeness (QED) is 0.521. The van der Waals surface area contributed by atoms with E-state index in [0.717, 1.165) is 10.0 Å². The number of nitrogens with zero attached hydrogens (tertiary/aromatic N) is 3. The molecule has 0 bridgehead atoms. The van der Waals surface area contributed by atoms with Crippen LogP contribution in [0.3, 0.4) is 0 Å². The van der Waals surface area contributed by atoms with E-state index in [9.17, 15) is 14.7 Å². The Morgan fingerprint density at radius 1 is 1.39 bits per heavy atom. The maximum atomic E-state index is 13.2. The molecule has 1 aromatic carbocycles. The molecular weight excluding hydrogens is 512 g/mol. The molecule has 2 atom stereocenters. The normalized spacial score (nSPS) is 21.3. The number of carboxylic acid groups (broad SMARTS) is 1. The molecule has 1 aromatic heterocycles. The van der Waals surface area contributed by atoms with E-state index in [1.165, 1.54) is 11.3 Å². The Morgan fingerprint density at radius 3 is 2.91 bits per heavy atom. The Labute approximate surface area is 203 Å². The number of halogens is 1. The number of esters is 1. The summed E-state index contributed by atoms with van der Waals surface area (Å²) >= 11 is 5.00. The van der Waals surface area contributed by atoms with E-state index in [1.54, 1.807) is 18.0 Å². The summed E-state index contributed by atoms with van der Waals surface area (Å²) in [7, 11) is 0. The zero-order valence-corrected chi connectivity index (χ0v) is 20.3. The number of ether oxygens (including phenoxy) is 2. The molecule has 33 heavy (non-hydrogen) atoms. The average Bonchev–Trinajstić information content (AvgIpc) is 3.34. The molecule has 9 nitrogen and oxygen atoms in total. The van der Waals surface area contributed by atoms with Crippen molar-refractivity contribution in [1.29, 1.82) is 0 Å². The highest BCUT2D eigenvalue weighted by Gasteiger charge is 2.37. The van der Waals surface area contributed by atoms with Gasteiger partial charge in [-0.2, -0.15) is 0 Å². The second-order valence-electron chi connectivity index (χ2n) is 7.38. The summed E-state index contributed by atoms with van der Waals surface area (Å²) in [4.78, 5) is 36.0. The molecule has 0 radical (unpaired) electrons. The lowest BCUT2D eigenvalue weighted by Gasteiger charge is -2.35. The van der Waals surface area contributed by atoms with Crippen molar-refractivity contribution >= 4 is 45.0 Å². The second-order valence-corrected chi connectivity index (χ2v) is 9.13. The first-order chi connectivity index (χ1) is 16.0. The number of benzene rings is 1. The number of aromatic nitrogens is 1. The number of carbonyl (C=O) groups excluding carboxylic acids is 1. The van der Waals surface area contributed by atoms with Gasteiger partial charge in [-0.15, -0.1) is 11.3 Å². The fourth-order valence-electron chi connectivity index (χ4n) is 3.80. The summed E-state index contributed by atoms with van der Waals surface area (Å²) in [5, 5.41) is 15.5. The largest absolute Gasteiger partial charge is 0.480 e.